The van der Waals surface area contributed by atoms with Gasteiger partial charge in [0.1, 0.15) is 22.4 Å². The lowest BCUT2D eigenvalue weighted by atomic mass is 9.95. The SMILES string of the molecule is N#CC(=Cc1ccco1)C(=O)Nc1sc2c(c1C(N)=O)CCCC2. The fraction of sp³-hybridized carbons (Fsp3) is 0.235. The van der Waals surface area contributed by atoms with Crippen molar-refractivity contribution in [3.63, 3.8) is 0 Å². The maximum Gasteiger partial charge on any atom is 0.267 e. The molecule has 2 aromatic rings. The number of fused-ring (bicyclic) bond motifs is 1. The van der Waals surface area contributed by atoms with Crippen LogP contribution < -0.4 is 11.1 Å². The third kappa shape index (κ3) is 3.09. The van der Waals surface area contributed by atoms with E-state index >= 15 is 0 Å². The lowest BCUT2D eigenvalue weighted by Crippen LogP contribution is -2.19. The molecule has 1 aliphatic carbocycles. The number of nitriles is 1. The average Bonchev–Trinajstić information content (AvgIpc) is 3.19. The summed E-state index contributed by atoms with van der Waals surface area (Å²) in [6, 6.07) is 5.15. The van der Waals surface area contributed by atoms with Gasteiger partial charge in [-0.2, -0.15) is 5.26 Å². The average molecular weight is 341 g/mol. The molecule has 0 aromatic carbocycles. The highest BCUT2D eigenvalue weighted by atomic mass is 32.1. The second-order valence-corrected chi connectivity index (χ2v) is 6.52. The van der Waals surface area contributed by atoms with Crippen LogP contribution in [0.3, 0.4) is 0 Å². The molecule has 6 nitrogen and oxygen atoms in total. The van der Waals surface area contributed by atoms with Gasteiger partial charge in [0, 0.05) is 11.0 Å². The fourth-order valence-electron chi connectivity index (χ4n) is 2.75. The maximum absolute atomic E-state index is 12.4. The van der Waals surface area contributed by atoms with E-state index in [0.29, 0.717) is 16.3 Å². The minimum Gasteiger partial charge on any atom is -0.465 e. The molecule has 2 aromatic heterocycles. The number of amides is 2. The van der Waals surface area contributed by atoms with Crippen LogP contribution in [0, 0.1) is 11.3 Å². The molecule has 0 atom stereocenters. The monoisotopic (exact) mass is 341 g/mol. The number of carbonyl (C=O) groups is 2. The van der Waals surface area contributed by atoms with Gasteiger partial charge in [-0.1, -0.05) is 0 Å². The number of anilines is 1. The van der Waals surface area contributed by atoms with Crippen molar-refractivity contribution in [1.29, 1.82) is 5.26 Å². The van der Waals surface area contributed by atoms with E-state index in [1.54, 1.807) is 12.1 Å². The minimum atomic E-state index is -0.588. The number of hydrogen-bond acceptors (Lipinski definition) is 5. The molecule has 0 aliphatic heterocycles. The Morgan fingerprint density at radius 2 is 2.17 bits per heavy atom. The second kappa shape index (κ2) is 6.72. The van der Waals surface area contributed by atoms with E-state index in [-0.39, 0.29) is 5.57 Å². The van der Waals surface area contributed by atoms with Gasteiger partial charge in [0.2, 0.25) is 0 Å². The summed E-state index contributed by atoms with van der Waals surface area (Å²) in [5, 5.41) is 12.3. The number of thiophene rings is 1. The number of primary amides is 1. The van der Waals surface area contributed by atoms with Crippen molar-refractivity contribution in [1.82, 2.24) is 0 Å². The molecule has 122 valence electrons. The minimum absolute atomic E-state index is 0.105. The molecule has 2 heterocycles. The molecule has 0 saturated carbocycles. The van der Waals surface area contributed by atoms with Gasteiger partial charge >= 0.3 is 0 Å². The largest absolute Gasteiger partial charge is 0.465 e. The normalized spacial score (nSPS) is 13.9. The van der Waals surface area contributed by atoms with Crippen molar-refractivity contribution >= 4 is 34.2 Å². The highest BCUT2D eigenvalue weighted by Gasteiger charge is 2.25. The number of carbonyl (C=O) groups excluding carboxylic acids is 2. The summed E-state index contributed by atoms with van der Waals surface area (Å²) >= 11 is 1.36. The highest BCUT2D eigenvalue weighted by molar-refractivity contribution is 7.17. The highest BCUT2D eigenvalue weighted by Crippen LogP contribution is 2.38. The second-order valence-electron chi connectivity index (χ2n) is 5.42. The zero-order chi connectivity index (χ0) is 17.1. The smallest absolute Gasteiger partial charge is 0.267 e. The number of aryl methyl sites for hydroxylation is 1. The van der Waals surface area contributed by atoms with E-state index in [4.69, 9.17) is 10.2 Å². The van der Waals surface area contributed by atoms with Crippen molar-refractivity contribution in [2.45, 2.75) is 25.7 Å². The Bertz CT molecular complexity index is 857. The predicted octanol–water partition coefficient (Wildman–Crippen LogP) is 2.86. The van der Waals surface area contributed by atoms with Gasteiger partial charge < -0.3 is 15.5 Å². The van der Waals surface area contributed by atoms with E-state index in [1.165, 1.54) is 23.7 Å². The number of nitrogens with two attached hydrogens (primary N) is 1. The zero-order valence-electron chi connectivity index (χ0n) is 12.8. The van der Waals surface area contributed by atoms with Crippen LogP contribution in [0.1, 0.15) is 39.4 Å². The van der Waals surface area contributed by atoms with Crippen molar-refractivity contribution in [2.24, 2.45) is 5.73 Å². The van der Waals surface area contributed by atoms with E-state index in [9.17, 15) is 14.9 Å². The van der Waals surface area contributed by atoms with Crippen molar-refractivity contribution in [3.05, 3.63) is 45.7 Å². The first-order chi connectivity index (χ1) is 11.6. The Balaban J connectivity index is 1.90. The summed E-state index contributed by atoms with van der Waals surface area (Å²) < 4.78 is 5.12. The van der Waals surface area contributed by atoms with Gasteiger partial charge in [-0.05, 0) is 43.4 Å². The van der Waals surface area contributed by atoms with Crippen molar-refractivity contribution in [2.75, 3.05) is 5.32 Å². The lowest BCUT2D eigenvalue weighted by molar-refractivity contribution is -0.112. The third-order valence-corrected chi connectivity index (χ3v) is 5.05. The molecule has 0 bridgehead atoms. The Labute approximate surface area is 142 Å². The maximum atomic E-state index is 12.4. The summed E-state index contributed by atoms with van der Waals surface area (Å²) in [7, 11) is 0. The van der Waals surface area contributed by atoms with Crippen LogP contribution in [-0.4, -0.2) is 11.8 Å². The van der Waals surface area contributed by atoms with Crippen LogP contribution in [0.2, 0.25) is 0 Å². The van der Waals surface area contributed by atoms with Crippen LogP contribution in [0.5, 0.6) is 0 Å². The first kappa shape index (κ1) is 16.0. The first-order valence-electron chi connectivity index (χ1n) is 7.51. The number of hydrogen-bond donors (Lipinski definition) is 2. The van der Waals surface area contributed by atoms with Crippen LogP contribution in [0.4, 0.5) is 5.00 Å². The fourth-order valence-corrected chi connectivity index (χ4v) is 4.04. The van der Waals surface area contributed by atoms with Crippen molar-refractivity contribution < 1.29 is 14.0 Å². The Hall–Kier alpha value is -2.85. The Morgan fingerprint density at radius 3 is 2.83 bits per heavy atom. The molecule has 7 heteroatoms. The molecule has 0 unspecified atom stereocenters. The summed E-state index contributed by atoms with van der Waals surface area (Å²) in [6.07, 6.45) is 6.53. The summed E-state index contributed by atoms with van der Waals surface area (Å²) in [5.41, 5.74) is 6.70. The quantitative estimate of drug-likeness (QED) is 0.658. The molecule has 0 fully saturated rings. The van der Waals surface area contributed by atoms with Crippen LogP contribution in [0.25, 0.3) is 6.08 Å². The van der Waals surface area contributed by atoms with E-state index < -0.39 is 11.8 Å². The molecule has 3 rings (SSSR count). The van der Waals surface area contributed by atoms with Crippen molar-refractivity contribution in [3.8, 4) is 6.07 Å². The number of furan rings is 1. The molecule has 0 spiro atoms. The number of nitrogens with zero attached hydrogens (tertiary/aromatic N) is 1. The third-order valence-electron chi connectivity index (χ3n) is 3.84. The molecule has 3 N–H and O–H groups in total. The summed E-state index contributed by atoms with van der Waals surface area (Å²) in [4.78, 5) is 25.3. The molecule has 0 radical (unpaired) electrons. The summed E-state index contributed by atoms with van der Waals surface area (Å²) in [5.74, 6) is -0.740. The molecule has 1 aliphatic rings. The lowest BCUT2D eigenvalue weighted by Gasteiger charge is -2.11. The van der Waals surface area contributed by atoms with Crippen LogP contribution in [-0.2, 0) is 17.6 Å². The van der Waals surface area contributed by atoms with Gasteiger partial charge in [-0.3, -0.25) is 9.59 Å². The van der Waals surface area contributed by atoms with Gasteiger partial charge in [0.25, 0.3) is 11.8 Å². The van der Waals surface area contributed by atoms with Gasteiger partial charge in [-0.15, -0.1) is 11.3 Å². The molecular formula is C17H15N3O3S. The molecule has 24 heavy (non-hydrogen) atoms. The van der Waals surface area contributed by atoms with Gasteiger partial charge in [0.05, 0.1) is 11.8 Å². The molecule has 2 amide bonds. The van der Waals surface area contributed by atoms with Gasteiger partial charge in [-0.25, -0.2) is 0 Å². The first-order valence-corrected chi connectivity index (χ1v) is 8.32. The predicted molar refractivity (Wildman–Crippen MR) is 90.4 cm³/mol. The topological polar surface area (TPSA) is 109 Å². The van der Waals surface area contributed by atoms with Crippen LogP contribution in [0.15, 0.2) is 28.4 Å². The number of rotatable bonds is 4. The van der Waals surface area contributed by atoms with E-state index in [0.717, 1.165) is 36.1 Å². The Kier molecular flexibility index (Phi) is 4.49. The van der Waals surface area contributed by atoms with Gasteiger partial charge in [0.15, 0.2) is 0 Å². The zero-order valence-corrected chi connectivity index (χ0v) is 13.6. The standard InChI is InChI=1S/C17H15N3O3S/c18-9-10(8-11-4-3-7-23-11)16(22)20-17-14(15(19)21)12-5-1-2-6-13(12)24-17/h3-4,7-8H,1-2,5-6H2,(H2,19,21)(H,20,22). The number of nitrogens with one attached hydrogen (secondary N) is 1. The molecule has 0 saturated heterocycles. The molecular weight excluding hydrogens is 326 g/mol. The van der Waals surface area contributed by atoms with E-state index in [2.05, 4.69) is 5.32 Å². The van der Waals surface area contributed by atoms with Crippen LogP contribution >= 0.6 is 11.3 Å². The Morgan fingerprint density at radius 1 is 1.38 bits per heavy atom. The van der Waals surface area contributed by atoms with E-state index in [1.807, 2.05) is 6.07 Å². The summed E-state index contributed by atoms with van der Waals surface area (Å²) in [6.45, 7) is 0.